The topological polar surface area (TPSA) is 182 Å². The Morgan fingerprint density at radius 3 is 2.50 bits per heavy atom. The van der Waals surface area contributed by atoms with E-state index in [9.17, 15) is 40.8 Å². The van der Waals surface area contributed by atoms with Crippen LogP contribution in [0.2, 0.25) is 5.02 Å². The van der Waals surface area contributed by atoms with Crippen molar-refractivity contribution in [2.45, 2.75) is 133 Å². The third-order valence-corrected chi connectivity index (χ3v) is 14.5. The number of sulfonamides is 1. The van der Waals surface area contributed by atoms with Gasteiger partial charge in [-0.1, -0.05) is 50.6 Å². The summed E-state index contributed by atoms with van der Waals surface area (Å²) in [5.74, 6) is -3.46. The summed E-state index contributed by atoms with van der Waals surface area (Å²) in [4.78, 5) is 62.3. The van der Waals surface area contributed by atoms with Gasteiger partial charge in [-0.3, -0.25) is 19.1 Å². The quantitative estimate of drug-likeness (QED) is 0.228. The van der Waals surface area contributed by atoms with E-state index in [0.717, 1.165) is 0 Å². The standard InChI is InChI=1S/C41H53ClF3N5O9S/c1-7-17-57-31-20-28-27(13-10-14-29(28)42)34(46-31)58-26-19-30-33(51)48-40(36(53)49-60(55,56)39(6)15-16-39)21-25(40)12-9-8-11-23(2)18-24(3)32(35(52)50(30)22-26)47-37(54)59-38(4,5)41(43,44)45/h9-10,12-14,20,23-26,30,32H,7-8,11,15-19,21-22H2,1-6H3,(H,47,54)(H,48,51)(H,49,53)/b12-9-/t23-,24+,25+,26+,30-,32-,40+/m0/s1. The molecule has 1 aromatic heterocycles. The Morgan fingerprint density at radius 1 is 1.12 bits per heavy atom. The Balaban J connectivity index is 1.37. The molecule has 2 saturated carbocycles. The number of nitrogens with one attached hydrogen (secondary N) is 3. The molecule has 3 N–H and O–H groups in total. The minimum absolute atomic E-state index is 0.0511. The smallest absolute Gasteiger partial charge is 0.427 e. The van der Waals surface area contributed by atoms with E-state index >= 15 is 0 Å². The number of nitrogens with zero attached hydrogens (tertiary/aromatic N) is 2. The number of carbonyl (C=O) groups is 4. The highest BCUT2D eigenvalue weighted by atomic mass is 35.5. The van der Waals surface area contributed by atoms with Crippen LogP contribution in [-0.4, -0.2) is 95.5 Å². The van der Waals surface area contributed by atoms with Crippen molar-refractivity contribution in [3.05, 3.63) is 41.4 Å². The number of benzene rings is 1. The van der Waals surface area contributed by atoms with Gasteiger partial charge in [0.2, 0.25) is 39.2 Å². The molecular formula is C41H53ClF3N5O9S. The number of allylic oxidation sites excluding steroid dienone is 1. The van der Waals surface area contributed by atoms with Crippen LogP contribution in [0, 0.1) is 17.8 Å². The summed E-state index contributed by atoms with van der Waals surface area (Å²) in [5.41, 5.74) is -4.56. The zero-order chi connectivity index (χ0) is 44.0. The van der Waals surface area contributed by atoms with Gasteiger partial charge in [-0.15, -0.1) is 0 Å². The van der Waals surface area contributed by atoms with Gasteiger partial charge in [0.25, 0.3) is 5.91 Å². The SMILES string of the molecule is CCCOc1cc2c(Cl)cccc2c(O[C@@H]2C[C@H]3C(=O)N[C@]4(C(=O)NS(=O)(=O)C5(C)CC5)C[C@H]4/C=C\CC[C@H](C)C[C@@H](C)[C@H](NC(=O)OC(C)(C)C(F)(F)F)C(=O)N3C2)n1. The van der Waals surface area contributed by atoms with Gasteiger partial charge >= 0.3 is 12.3 Å². The lowest BCUT2D eigenvalue weighted by molar-refractivity contribution is -0.244. The van der Waals surface area contributed by atoms with Crippen molar-refractivity contribution in [2.75, 3.05) is 13.2 Å². The molecule has 330 valence electrons. The molecule has 2 aromatic rings. The van der Waals surface area contributed by atoms with Crippen LogP contribution in [0.15, 0.2) is 36.4 Å². The number of halogens is 4. The fourth-order valence-corrected chi connectivity index (χ4v) is 9.30. The monoisotopic (exact) mass is 883 g/mol. The van der Waals surface area contributed by atoms with E-state index < -0.39 is 85.9 Å². The molecule has 3 fully saturated rings. The van der Waals surface area contributed by atoms with E-state index in [2.05, 4.69) is 20.3 Å². The average molecular weight is 884 g/mol. The molecule has 0 spiro atoms. The molecule has 4 amide bonds. The molecule has 7 atom stereocenters. The van der Waals surface area contributed by atoms with Crippen LogP contribution in [0.4, 0.5) is 18.0 Å². The number of carbonyl (C=O) groups excluding carboxylic acids is 4. The average Bonchev–Trinajstić information content (AvgIpc) is 4.04. The molecule has 60 heavy (non-hydrogen) atoms. The van der Waals surface area contributed by atoms with Crippen molar-refractivity contribution < 1.29 is 55.0 Å². The zero-order valence-electron chi connectivity index (χ0n) is 34.5. The van der Waals surface area contributed by atoms with Crippen LogP contribution in [0.3, 0.4) is 0 Å². The first-order chi connectivity index (χ1) is 28.0. The Kier molecular flexibility index (Phi) is 12.7. The molecule has 1 aromatic carbocycles. The van der Waals surface area contributed by atoms with Crippen molar-refractivity contribution in [3.63, 3.8) is 0 Å². The minimum atomic E-state index is -4.92. The third-order valence-electron chi connectivity index (χ3n) is 12.0. The number of alkyl carbamates (subject to hydrolysis) is 1. The highest BCUT2D eigenvalue weighted by Crippen LogP contribution is 2.48. The summed E-state index contributed by atoms with van der Waals surface area (Å²) in [5, 5.41) is 6.65. The van der Waals surface area contributed by atoms with E-state index in [0.29, 0.717) is 74.8 Å². The van der Waals surface area contributed by atoms with E-state index in [1.807, 2.05) is 19.9 Å². The van der Waals surface area contributed by atoms with E-state index in [1.54, 1.807) is 37.3 Å². The van der Waals surface area contributed by atoms with Crippen LogP contribution in [-0.2, 0) is 29.1 Å². The van der Waals surface area contributed by atoms with Crippen LogP contribution in [0.1, 0.15) is 92.9 Å². The Labute approximate surface area is 352 Å². The molecule has 0 radical (unpaired) electrons. The normalized spacial score (nSPS) is 28.9. The molecule has 19 heteroatoms. The molecule has 1 saturated heterocycles. The van der Waals surface area contributed by atoms with Crippen LogP contribution >= 0.6 is 11.6 Å². The van der Waals surface area contributed by atoms with E-state index in [4.69, 9.17) is 25.8 Å². The maximum atomic E-state index is 14.8. The van der Waals surface area contributed by atoms with Crippen molar-refractivity contribution in [2.24, 2.45) is 17.8 Å². The lowest BCUT2D eigenvalue weighted by atomic mass is 9.88. The number of hydrogen-bond donors (Lipinski definition) is 3. The minimum Gasteiger partial charge on any atom is -0.478 e. The Bertz CT molecular complexity index is 2150. The number of fused-ring (bicyclic) bond motifs is 3. The molecule has 0 bridgehead atoms. The lowest BCUT2D eigenvalue weighted by Crippen LogP contribution is -2.59. The molecule has 6 rings (SSSR count). The Morgan fingerprint density at radius 2 is 1.83 bits per heavy atom. The second-order valence-electron chi connectivity index (χ2n) is 17.4. The van der Waals surface area contributed by atoms with E-state index in [1.165, 1.54) is 11.8 Å². The van der Waals surface area contributed by atoms with Gasteiger partial charge in [0.15, 0.2) is 0 Å². The van der Waals surface area contributed by atoms with Crippen LogP contribution in [0.5, 0.6) is 11.8 Å². The molecule has 14 nitrogen and oxygen atoms in total. The molecule has 0 unspecified atom stereocenters. The van der Waals surface area contributed by atoms with Crippen molar-refractivity contribution in [3.8, 4) is 11.8 Å². The number of rotatable bonds is 10. The number of amides is 4. The molecular weight excluding hydrogens is 831 g/mol. The number of ether oxygens (including phenoxy) is 3. The largest absolute Gasteiger partial charge is 0.478 e. The number of aromatic nitrogens is 1. The molecule has 4 aliphatic rings. The van der Waals surface area contributed by atoms with Gasteiger partial charge < -0.3 is 29.7 Å². The molecule has 3 heterocycles. The number of alkyl halides is 3. The fourth-order valence-electron chi connectivity index (χ4n) is 7.76. The number of hydrogen-bond acceptors (Lipinski definition) is 10. The third kappa shape index (κ3) is 9.43. The first-order valence-electron chi connectivity index (χ1n) is 20.3. The summed E-state index contributed by atoms with van der Waals surface area (Å²) < 4.78 is 86.0. The van der Waals surface area contributed by atoms with Crippen molar-refractivity contribution in [1.82, 2.24) is 25.2 Å². The first-order valence-corrected chi connectivity index (χ1v) is 22.2. The van der Waals surface area contributed by atoms with Gasteiger partial charge in [-0.2, -0.15) is 18.2 Å². The fraction of sp³-hybridized carbons (Fsp3) is 0.634. The molecule has 2 aliphatic heterocycles. The van der Waals surface area contributed by atoms with Crippen molar-refractivity contribution >= 4 is 56.2 Å². The summed E-state index contributed by atoms with van der Waals surface area (Å²) in [7, 11) is -4.09. The van der Waals surface area contributed by atoms with Crippen molar-refractivity contribution in [1.29, 1.82) is 0 Å². The summed E-state index contributed by atoms with van der Waals surface area (Å²) in [6.45, 7) is 8.54. The Hall–Kier alpha value is -4.32. The zero-order valence-corrected chi connectivity index (χ0v) is 36.1. The van der Waals surface area contributed by atoms with Crippen LogP contribution in [0.25, 0.3) is 10.8 Å². The predicted molar refractivity (Wildman–Crippen MR) is 216 cm³/mol. The van der Waals surface area contributed by atoms with Gasteiger partial charge in [-0.05, 0) is 89.7 Å². The summed E-state index contributed by atoms with van der Waals surface area (Å²) in [6, 6.07) is 3.97. The van der Waals surface area contributed by atoms with Gasteiger partial charge in [0.05, 0.1) is 17.9 Å². The van der Waals surface area contributed by atoms with E-state index in [-0.39, 0.29) is 37.1 Å². The highest BCUT2D eigenvalue weighted by Gasteiger charge is 2.63. The summed E-state index contributed by atoms with van der Waals surface area (Å²) >= 11 is 6.56. The second kappa shape index (κ2) is 16.9. The first kappa shape index (κ1) is 45.2. The lowest BCUT2D eigenvalue weighted by Gasteiger charge is -2.34. The maximum Gasteiger partial charge on any atom is 0.427 e. The second-order valence-corrected chi connectivity index (χ2v) is 20.0. The highest BCUT2D eigenvalue weighted by molar-refractivity contribution is 7.91. The van der Waals surface area contributed by atoms with Gasteiger partial charge in [-0.25, -0.2) is 13.2 Å². The van der Waals surface area contributed by atoms with Gasteiger partial charge in [0.1, 0.15) is 23.7 Å². The summed E-state index contributed by atoms with van der Waals surface area (Å²) in [6.07, 6.45) is -0.849. The molecule has 2 aliphatic carbocycles. The predicted octanol–water partition coefficient (Wildman–Crippen LogP) is 6.35. The van der Waals surface area contributed by atoms with Gasteiger partial charge in [0, 0.05) is 34.2 Å². The number of pyridine rings is 1. The maximum absolute atomic E-state index is 14.8. The van der Waals surface area contributed by atoms with Crippen LogP contribution < -0.4 is 24.8 Å².